The summed E-state index contributed by atoms with van der Waals surface area (Å²) in [6.45, 7) is 0.0433. The van der Waals surface area contributed by atoms with E-state index in [1.807, 2.05) is 0 Å². The number of aromatic nitrogens is 1. The molecule has 3 nitrogen and oxygen atoms in total. The molecule has 1 heterocycles. The Morgan fingerprint density at radius 2 is 1.83 bits per heavy atom. The summed E-state index contributed by atoms with van der Waals surface area (Å²) in [5, 5.41) is 12.0. The van der Waals surface area contributed by atoms with Crippen LogP contribution in [-0.2, 0) is 6.54 Å². The molecule has 0 saturated carbocycles. The van der Waals surface area contributed by atoms with Crippen LogP contribution < -0.4 is 5.32 Å². The van der Waals surface area contributed by atoms with Gasteiger partial charge < -0.3 is 10.4 Å². The molecule has 94 valence electrons. The van der Waals surface area contributed by atoms with Crippen molar-refractivity contribution in [1.29, 1.82) is 0 Å². The maximum absolute atomic E-state index is 13.2. The molecule has 1 aromatic carbocycles. The normalized spacial score (nSPS) is 10.4. The van der Waals surface area contributed by atoms with E-state index in [1.54, 1.807) is 18.2 Å². The zero-order chi connectivity index (χ0) is 13.1. The molecule has 0 unspecified atom stereocenters. The van der Waals surface area contributed by atoms with Crippen molar-refractivity contribution < 1.29 is 18.3 Å². The van der Waals surface area contributed by atoms with Crippen LogP contribution in [0.25, 0.3) is 0 Å². The van der Waals surface area contributed by atoms with Crippen LogP contribution in [0.1, 0.15) is 5.56 Å². The fraction of sp³-hybridized carbons (Fsp3) is 0.0833. The van der Waals surface area contributed by atoms with Crippen LogP contribution in [0, 0.1) is 17.6 Å². The van der Waals surface area contributed by atoms with E-state index in [0.29, 0.717) is 11.6 Å². The van der Waals surface area contributed by atoms with E-state index in [-0.39, 0.29) is 12.3 Å². The van der Waals surface area contributed by atoms with E-state index < -0.39 is 23.4 Å². The molecule has 0 radical (unpaired) electrons. The monoisotopic (exact) mass is 254 g/mol. The van der Waals surface area contributed by atoms with Crippen molar-refractivity contribution in [1.82, 2.24) is 4.98 Å². The van der Waals surface area contributed by atoms with E-state index in [9.17, 15) is 18.3 Å². The third kappa shape index (κ3) is 2.53. The van der Waals surface area contributed by atoms with Crippen molar-refractivity contribution in [2.45, 2.75) is 6.54 Å². The molecular formula is C12H9F3N2O. The van der Waals surface area contributed by atoms with Crippen molar-refractivity contribution in [2.24, 2.45) is 0 Å². The minimum absolute atomic E-state index is 0.0213. The molecule has 2 aromatic rings. The van der Waals surface area contributed by atoms with Gasteiger partial charge in [0.15, 0.2) is 17.5 Å². The number of benzene rings is 1. The molecule has 0 amide bonds. The summed E-state index contributed by atoms with van der Waals surface area (Å²) < 4.78 is 38.7. The zero-order valence-electron chi connectivity index (χ0n) is 9.12. The second-order valence-corrected chi connectivity index (χ2v) is 3.57. The first kappa shape index (κ1) is 12.2. The predicted molar refractivity (Wildman–Crippen MR) is 59.5 cm³/mol. The number of pyridine rings is 1. The van der Waals surface area contributed by atoms with E-state index >= 15 is 0 Å². The summed E-state index contributed by atoms with van der Waals surface area (Å²) in [4.78, 5) is 3.11. The second-order valence-electron chi connectivity index (χ2n) is 3.57. The van der Waals surface area contributed by atoms with Gasteiger partial charge in [-0.2, -0.15) is 9.37 Å². The Bertz CT molecular complexity index is 575. The standard InChI is InChI=1S/C12H9F3N2O/c13-8-5-9(14)12(17-11(8)15)16-6-7-3-1-2-4-10(7)18/h1-5,18H,6H2,(H,16,17). The quantitative estimate of drug-likeness (QED) is 0.828. The fourth-order valence-electron chi connectivity index (χ4n) is 1.41. The smallest absolute Gasteiger partial charge is 0.251 e. The number of rotatable bonds is 3. The van der Waals surface area contributed by atoms with E-state index in [0.717, 1.165) is 0 Å². The maximum atomic E-state index is 13.2. The summed E-state index contributed by atoms with van der Waals surface area (Å²) in [5.74, 6) is -4.11. The number of phenolic OH excluding ortho intramolecular Hbond substituents is 1. The van der Waals surface area contributed by atoms with Crippen LogP contribution in [0.5, 0.6) is 5.75 Å². The number of anilines is 1. The number of halogens is 3. The van der Waals surface area contributed by atoms with Gasteiger partial charge in [-0.1, -0.05) is 18.2 Å². The van der Waals surface area contributed by atoms with Crippen LogP contribution in [0.2, 0.25) is 0 Å². The van der Waals surface area contributed by atoms with Crippen LogP contribution >= 0.6 is 0 Å². The molecule has 0 aliphatic carbocycles. The first-order valence-electron chi connectivity index (χ1n) is 5.10. The van der Waals surface area contributed by atoms with E-state index in [4.69, 9.17) is 0 Å². The lowest BCUT2D eigenvalue weighted by molar-refractivity contribution is 0.464. The van der Waals surface area contributed by atoms with Gasteiger partial charge in [0.05, 0.1) is 0 Å². The number of aromatic hydroxyl groups is 1. The molecule has 18 heavy (non-hydrogen) atoms. The molecule has 0 bridgehead atoms. The third-order valence-electron chi connectivity index (χ3n) is 2.32. The molecule has 0 saturated heterocycles. The highest BCUT2D eigenvalue weighted by Crippen LogP contribution is 2.19. The van der Waals surface area contributed by atoms with E-state index in [1.165, 1.54) is 6.07 Å². The fourth-order valence-corrected chi connectivity index (χ4v) is 1.41. The number of nitrogens with one attached hydrogen (secondary N) is 1. The molecule has 2 N–H and O–H groups in total. The minimum atomic E-state index is -1.38. The number of phenols is 1. The van der Waals surface area contributed by atoms with Crippen LogP contribution in [-0.4, -0.2) is 10.1 Å². The lowest BCUT2D eigenvalue weighted by Gasteiger charge is -2.08. The topological polar surface area (TPSA) is 45.1 Å². The van der Waals surface area contributed by atoms with Gasteiger partial charge in [0, 0.05) is 18.2 Å². The molecule has 0 aliphatic rings. The summed E-state index contributed by atoms with van der Waals surface area (Å²) in [7, 11) is 0. The molecular weight excluding hydrogens is 245 g/mol. The lowest BCUT2D eigenvalue weighted by atomic mass is 10.2. The van der Waals surface area contributed by atoms with Crippen molar-refractivity contribution in [3.8, 4) is 5.75 Å². The highest BCUT2D eigenvalue weighted by Gasteiger charge is 2.11. The molecule has 0 atom stereocenters. The van der Waals surface area contributed by atoms with Gasteiger partial charge in [-0.15, -0.1) is 0 Å². The SMILES string of the molecule is Oc1ccccc1CNc1nc(F)c(F)cc1F. The van der Waals surface area contributed by atoms with Crippen LogP contribution in [0.15, 0.2) is 30.3 Å². The van der Waals surface area contributed by atoms with Gasteiger partial charge in [0.2, 0.25) is 0 Å². The lowest BCUT2D eigenvalue weighted by Crippen LogP contribution is -2.06. The summed E-state index contributed by atoms with van der Waals surface area (Å²) in [6, 6.07) is 6.81. The Balaban J connectivity index is 2.16. The second kappa shape index (κ2) is 4.95. The van der Waals surface area contributed by atoms with Gasteiger partial charge in [-0.05, 0) is 6.07 Å². The molecule has 2 rings (SSSR count). The highest BCUT2D eigenvalue weighted by atomic mass is 19.2. The van der Waals surface area contributed by atoms with E-state index in [2.05, 4.69) is 10.3 Å². The Morgan fingerprint density at radius 1 is 1.11 bits per heavy atom. The average molecular weight is 254 g/mol. The molecule has 0 spiro atoms. The average Bonchev–Trinajstić information content (AvgIpc) is 2.34. The number of hydrogen-bond donors (Lipinski definition) is 2. The highest BCUT2D eigenvalue weighted by molar-refractivity contribution is 5.40. The van der Waals surface area contributed by atoms with Crippen molar-refractivity contribution in [3.05, 3.63) is 53.5 Å². The zero-order valence-corrected chi connectivity index (χ0v) is 9.12. The molecule has 0 aliphatic heterocycles. The van der Waals surface area contributed by atoms with Gasteiger partial charge in [0.25, 0.3) is 5.95 Å². The van der Waals surface area contributed by atoms with Gasteiger partial charge >= 0.3 is 0 Å². The maximum Gasteiger partial charge on any atom is 0.251 e. The minimum Gasteiger partial charge on any atom is -0.508 e. The Labute approximate surface area is 101 Å². The summed E-state index contributed by atoms with van der Waals surface area (Å²) in [6.07, 6.45) is 0. The third-order valence-corrected chi connectivity index (χ3v) is 2.32. The first-order valence-corrected chi connectivity index (χ1v) is 5.10. The van der Waals surface area contributed by atoms with Crippen molar-refractivity contribution in [3.63, 3.8) is 0 Å². The van der Waals surface area contributed by atoms with Crippen molar-refractivity contribution in [2.75, 3.05) is 5.32 Å². The van der Waals surface area contributed by atoms with Gasteiger partial charge in [-0.25, -0.2) is 8.78 Å². The molecule has 6 heteroatoms. The van der Waals surface area contributed by atoms with Crippen LogP contribution in [0.4, 0.5) is 19.0 Å². The first-order chi connectivity index (χ1) is 8.58. The Hall–Kier alpha value is -2.24. The number of hydrogen-bond acceptors (Lipinski definition) is 3. The number of para-hydroxylation sites is 1. The van der Waals surface area contributed by atoms with Crippen LogP contribution in [0.3, 0.4) is 0 Å². The largest absolute Gasteiger partial charge is 0.508 e. The molecule has 0 fully saturated rings. The van der Waals surface area contributed by atoms with Gasteiger partial charge in [-0.3, -0.25) is 0 Å². The Kier molecular flexibility index (Phi) is 3.36. The predicted octanol–water partition coefficient (Wildman–Crippen LogP) is 2.82. The van der Waals surface area contributed by atoms with Gasteiger partial charge in [0.1, 0.15) is 5.75 Å². The summed E-state index contributed by atoms with van der Waals surface area (Å²) >= 11 is 0. The summed E-state index contributed by atoms with van der Waals surface area (Å²) in [5.41, 5.74) is 0.489. The Morgan fingerprint density at radius 3 is 2.56 bits per heavy atom. The number of nitrogens with zero attached hydrogens (tertiary/aromatic N) is 1. The van der Waals surface area contributed by atoms with Crippen molar-refractivity contribution >= 4 is 5.82 Å². The molecule has 1 aromatic heterocycles.